The fourth-order valence-electron chi connectivity index (χ4n) is 9.21. The van der Waals surface area contributed by atoms with Gasteiger partial charge in [-0.25, -0.2) is 4.98 Å². The van der Waals surface area contributed by atoms with Crippen molar-refractivity contribution in [3.8, 4) is 22.3 Å². The minimum Gasteiger partial charge on any atom is -0.489 e. The first kappa shape index (κ1) is 50.6. The predicted octanol–water partition coefficient (Wildman–Crippen LogP) is 6.20. The molecule has 17 heteroatoms. The number of hydrogen-bond donors (Lipinski definition) is 5. The fraction of sp³-hybridized carbons (Fsp3) is 0.460. The van der Waals surface area contributed by atoms with E-state index in [1.54, 1.807) is 80.1 Å². The zero-order valence-electron chi connectivity index (χ0n) is 39.2. The highest BCUT2D eigenvalue weighted by Crippen LogP contribution is 2.55. The molecule has 1 saturated carbocycles. The summed E-state index contributed by atoms with van der Waals surface area (Å²) in [5.74, 6) is -1.47. The summed E-state index contributed by atoms with van der Waals surface area (Å²) < 4.78 is 11.9. The van der Waals surface area contributed by atoms with Crippen LogP contribution in [0.4, 0.5) is 0 Å². The van der Waals surface area contributed by atoms with Gasteiger partial charge in [-0.15, -0.1) is 11.3 Å². The first-order valence-corrected chi connectivity index (χ1v) is 23.6. The Morgan fingerprint density at radius 3 is 2.22 bits per heavy atom. The van der Waals surface area contributed by atoms with Crippen molar-refractivity contribution in [1.82, 2.24) is 31.2 Å². The molecule has 356 valence electrons. The molecule has 5 N–H and O–H groups in total. The number of aliphatic hydroxyl groups is 1. The van der Waals surface area contributed by atoms with Crippen LogP contribution in [-0.4, -0.2) is 101 Å². The number of aliphatic hydroxyl groups excluding tert-OH is 1. The molecule has 0 spiro atoms. The average molecular weight is 955 g/mol. The molecule has 3 aromatic carbocycles. The molecule has 5 amide bonds. The molecule has 1 aliphatic carbocycles. The number of carbonyl (C=O) groups excluding carboxylic acids is 5. The highest BCUT2D eigenvalue weighted by Gasteiger charge is 2.64. The smallest absolute Gasteiger partial charge is 0.251 e. The zero-order valence-corrected chi connectivity index (χ0v) is 40.8. The summed E-state index contributed by atoms with van der Waals surface area (Å²) in [6.07, 6.45) is -0.682. The molecule has 4 aromatic rings. The van der Waals surface area contributed by atoms with Crippen molar-refractivity contribution < 1.29 is 38.6 Å². The molecule has 0 radical (unpaired) electrons. The van der Waals surface area contributed by atoms with Crippen molar-refractivity contribution in [1.29, 1.82) is 5.26 Å². The van der Waals surface area contributed by atoms with E-state index < -0.39 is 52.2 Å². The lowest BCUT2D eigenvalue weighted by atomic mass is 9.49. The van der Waals surface area contributed by atoms with Crippen molar-refractivity contribution in [2.24, 2.45) is 16.2 Å². The van der Waals surface area contributed by atoms with E-state index in [2.05, 4.69) is 26.3 Å². The van der Waals surface area contributed by atoms with Crippen LogP contribution < -0.4 is 26.0 Å². The minimum absolute atomic E-state index is 0.0432. The van der Waals surface area contributed by atoms with E-state index in [-0.39, 0.29) is 63.2 Å². The Labute approximate surface area is 401 Å². The maximum absolute atomic E-state index is 14.0. The fourth-order valence-corrected chi connectivity index (χ4v) is 10.2. The number of β-amino-alcohol motifs (C(OH)–C–C–N with tert-alkyl or cyclic N) is 1. The van der Waals surface area contributed by atoms with Crippen LogP contribution in [0.1, 0.15) is 98.8 Å². The number of hydrogen-bond acceptors (Lipinski definition) is 11. The Morgan fingerprint density at radius 2 is 1.63 bits per heavy atom. The van der Waals surface area contributed by atoms with Gasteiger partial charge in [0.05, 0.1) is 32.8 Å². The number of carbonyl (C=O) groups is 5. The summed E-state index contributed by atoms with van der Waals surface area (Å²) in [5, 5.41) is 31.7. The Balaban J connectivity index is 0.913. The van der Waals surface area contributed by atoms with Gasteiger partial charge in [-0.2, -0.15) is 5.26 Å². The summed E-state index contributed by atoms with van der Waals surface area (Å²) >= 11 is 7.79. The SMILES string of the molecule is Cc1ncsc1-c1ccc(CNC(=O)[C@@H]2C[C@@H](O)CN2C(=O)[C@@H](NC(=O)COCCCNC(=O)c2ccc(C(=O)N[C@H]3C(C)(C)[C@H](Oc4ccc(C#N)c(Cl)c4)C3(C)C)cc2)C(C)(C)C)cc1. The van der Waals surface area contributed by atoms with E-state index >= 15 is 0 Å². The van der Waals surface area contributed by atoms with Crippen LogP contribution in [0, 0.1) is 34.5 Å². The Hall–Kier alpha value is -5.86. The lowest BCUT2D eigenvalue weighted by molar-refractivity contribution is -0.164. The second-order valence-corrected chi connectivity index (χ2v) is 20.7. The van der Waals surface area contributed by atoms with Gasteiger partial charge in [0.2, 0.25) is 17.7 Å². The Morgan fingerprint density at radius 1 is 0.970 bits per heavy atom. The third-order valence-corrected chi connectivity index (χ3v) is 13.8. The van der Waals surface area contributed by atoms with Gasteiger partial charge < -0.3 is 40.7 Å². The summed E-state index contributed by atoms with van der Waals surface area (Å²) in [5.41, 5.74) is 4.17. The van der Waals surface area contributed by atoms with Gasteiger partial charge in [0.15, 0.2) is 0 Å². The van der Waals surface area contributed by atoms with Crippen LogP contribution in [0.2, 0.25) is 5.02 Å². The lowest BCUT2D eigenvalue weighted by Crippen LogP contribution is -2.74. The molecule has 15 nitrogen and oxygen atoms in total. The van der Waals surface area contributed by atoms with Gasteiger partial charge >= 0.3 is 0 Å². The standard InChI is InChI=1S/C50H60ClN7O8S/c1-29-40(67-28-55-29)31-12-10-30(11-13-31)25-54-44(63)38-22-35(59)26-58(38)45(64)41(48(2,3)4)56-39(60)27-65-21-9-20-53-42(61)32-14-16-33(17-15-32)43(62)57-46-49(5,6)47(50(46,7)8)66-36-19-18-34(24-52)37(51)23-36/h10-19,23,28,35,38,41,46-47,59H,9,20-22,25-27H2,1-8H3,(H,53,61)(H,54,63)(H,56,60)(H,57,62)/t35-,38+,41-,46-,47-/m1/s1. The Bertz CT molecular complexity index is 2480. The van der Waals surface area contributed by atoms with E-state index in [4.69, 9.17) is 21.1 Å². The number of amides is 5. The number of nitriles is 1. The molecule has 2 heterocycles. The van der Waals surface area contributed by atoms with Crippen LogP contribution in [0.3, 0.4) is 0 Å². The number of rotatable bonds is 17. The summed E-state index contributed by atoms with van der Waals surface area (Å²) in [6.45, 7) is 15.7. The highest BCUT2D eigenvalue weighted by molar-refractivity contribution is 7.13. The van der Waals surface area contributed by atoms with Crippen molar-refractivity contribution in [3.63, 3.8) is 0 Å². The molecule has 1 aromatic heterocycles. The van der Waals surface area contributed by atoms with Crippen LogP contribution in [-0.2, 0) is 25.7 Å². The molecule has 2 aliphatic rings. The lowest BCUT2D eigenvalue weighted by Gasteiger charge is -2.63. The van der Waals surface area contributed by atoms with Crippen molar-refractivity contribution in [2.45, 2.75) is 105 Å². The zero-order chi connectivity index (χ0) is 48.8. The molecule has 2 fully saturated rings. The molecular formula is C50H60ClN7O8S. The summed E-state index contributed by atoms with van der Waals surface area (Å²) in [7, 11) is 0. The molecule has 67 heavy (non-hydrogen) atoms. The molecular weight excluding hydrogens is 894 g/mol. The van der Waals surface area contributed by atoms with E-state index in [9.17, 15) is 34.3 Å². The minimum atomic E-state index is -1.01. The highest BCUT2D eigenvalue weighted by atomic mass is 35.5. The largest absolute Gasteiger partial charge is 0.489 e. The third kappa shape index (κ3) is 11.8. The average Bonchev–Trinajstić information content (AvgIpc) is 3.91. The molecule has 1 aliphatic heterocycles. The number of likely N-dealkylation sites (tertiary alicyclic amines) is 1. The van der Waals surface area contributed by atoms with E-state index in [0.29, 0.717) is 33.9 Å². The van der Waals surface area contributed by atoms with E-state index in [0.717, 1.165) is 21.7 Å². The second kappa shape index (κ2) is 21.0. The van der Waals surface area contributed by atoms with Crippen molar-refractivity contribution in [3.05, 3.63) is 105 Å². The van der Waals surface area contributed by atoms with Crippen molar-refractivity contribution in [2.75, 3.05) is 26.3 Å². The number of aryl methyl sites for hydroxylation is 1. The predicted molar refractivity (Wildman–Crippen MR) is 255 cm³/mol. The van der Waals surface area contributed by atoms with E-state index in [1.807, 2.05) is 65.0 Å². The number of ether oxygens (including phenoxy) is 2. The first-order valence-electron chi connectivity index (χ1n) is 22.3. The van der Waals surface area contributed by atoms with Crippen LogP contribution in [0.5, 0.6) is 5.75 Å². The van der Waals surface area contributed by atoms with Crippen molar-refractivity contribution >= 4 is 52.5 Å². The topological polar surface area (TPSA) is 212 Å². The number of halogens is 1. The second-order valence-electron chi connectivity index (χ2n) is 19.5. The summed E-state index contributed by atoms with van der Waals surface area (Å²) in [6, 6.07) is 19.0. The van der Waals surface area contributed by atoms with Gasteiger partial charge in [-0.3, -0.25) is 24.0 Å². The number of aromatic nitrogens is 1. The maximum Gasteiger partial charge on any atom is 0.251 e. The normalized spacial score (nSPS) is 19.9. The molecule has 0 bridgehead atoms. The number of nitrogens with one attached hydrogen (secondary N) is 4. The van der Waals surface area contributed by atoms with Gasteiger partial charge in [-0.1, -0.05) is 84.3 Å². The Kier molecular flexibility index (Phi) is 15.8. The first-order chi connectivity index (χ1) is 31.6. The summed E-state index contributed by atoms with van der Waals surface area (Å²) in [4.78, 5) is 73.5. The van der Waals surface area contributed by atoms with Crippen LogP contribution >= 0.6 is 22.9 Å². The molecule has 3 atom stereocenters. The molecule has 6 rings (SSSR count). The third-order valence-electron chi connectivity index (χ3n) is 12.5. The monoisotopic (exact) mass is 953 g/mol. The number of benzene rings is 3. The molecule has 1 saturated heterocycles. The quantitative estimate of drug-likeness (QED) is 0.0757. The maximum atomic E-state index is 14.0. The van der Waals surface area contributed by atoms with Crippen LogP contribution in [0.15, 0.2) is 72.2 Å². The van der Waals surface area contributed by atoms with Gasteiger partial charge in [0, 0.05) is 66.7 Å². The van der Waals surface area contributed by atoms with Gasteiger partial charge in [0.1, 0.15) is 36.6 Å². The van der Waals surface area contributed by atoms with E-state index in [1.165, 1.54) is 4.90 Å². The number of nitrogens with zero attached hydrogens (tertiary/aromatic N) is 3. The van der Waals surface area contributed by atoms with Gasteiger partial charge in [0.25, 0.3) is 11.8 Å². The number of thiazole rings is 1. The molecule has 0 unspecified atom stereocenters. The van der Waals surface area contributed by atoms with Gasteiger partial charge in [-0.05, 0) is 66.3 Å². The van der Waals surface area contributed by atoms with Crippen LogP contribution in [0.25, 0.3) is 10.4 Å².